The largest absolute Gasteiger partial charge is 0.417 e. The molecule has 168 valence electrons. The molecule has 0 aromatic heterocycles. The molecule has 0 spiro atoms. The van der Waals surface area contributed by atoms with Crippen LogP contribution in [0.15, 0.2) is 77.7 Å². The highest BCUT2D eigenvalue weighted by molar-refractivity contribution is 7.98. The number of hydrogen-bond acceptors (Lipinski definition) is 3. The zero-order valence-electron chi connectivity index (χ0n) is 17.5. The van der Waals surface area contributed by atoms with Gasteiger partial charge in [0.25, 0.3) is 0 Å². The lowest BCUT2D eigenvalue weighted by molar-refractivity contribution is -0.137. The minimum Gasteiger partial charge on any atom is -0.324 e. The summed E-state index contributed by atoms with van der Waals surface area (Å²) >= 11 is 7.34. The summed E-state index contributed by atoms with van der Waals surface area (Å²) in [5.41, 5.74) is 0.795. The smallest absolute Gasteiger partial charge is 0.324 e. The number of halogens is 4. The van der Waals surface area contributed by atoms with Gasteiger partial charge in [-0.3, -0.25) is 9.69 Å². The number of nitrogens with one attached hydrogen (secondary N) is 1. The van der Waals surface area contributed by atoms with Gasteiger partial charge in [0.2, 0.25) is 5.91 Å². The van der Waals surface area contributed by atoms with Gasteiger partial charge in [-0.15, -0.1) is 11.8 Å². The van der Waals surface area contributed by atoms with Gasteiger partial charge >= 0.3 is 6.18 Å². The Balaban J connectivity index is 1.86. The number of nitrogens with zero attached hydrogens (tertiary/aromatic N) is 1. The zero-order chi connectivity index (χ0) is 23.3. The quantitative estimate of drug-likeness (QED) is 0.375. The van der Waals surface area contributed by atoms with Crippen molar-refractivity contribution in [2.24, 2.45) is 0 Å². The molecule has 0 fully saturated rings. The standard InChI is InChI=1S/C24H22ClF3N2OS/c1-30(15-16-8-11-19(32-2)12-9-16)22(17-6-4-3-5-7-17)23(31)29-18-10-13-21(25)20(14-18)24(26,27)28/h3-14,22H,15H2,1-2H3,(H,29,31)/t22-/m1/s1. The topological polar surface area (TPSA) is 32.3 Å². The van der Waals surface area contributed by atoms with Crippen LogP contribution < -0.4 is 5.32 Å². The predicted octanol–water partition coefficient (Wildman–Crippen LogP) is 6.89. The van der Waals surface area contributed by atoms with Crippen molar-refractivity contribution in [1.29, 1.82) is 0 Å². The Bertz CT molecular complexity index is 1060. The second-order valence-corrected chi connectivity index (χ2v) is 8.54. The molecule has 32 heavy (non-hydrogen) atoms. The first-order valence-corrected chi connectivity index (χ1v) is 11.3. The maximum Gasteiger partial charge on any atom is 0.417 e. The van der Waals surface area contributed by atoms with E-state index in [0.717, 1.165) is 28.2 Å². The second kappa shape index (κ2) is 10.4. The molecule has 0 unspecified atom stereocenters. The summed E-state index contributed by atoms with van der Waals surface area (Å²) < 4.78 is 39.6. The van der Waals surface area contributed by atoms with Crippen LogP contribution in [0.5, 0.6) is 0 Å². The van der Waals surface area contributed by atoms with Crippen molar-refractivity contribution < 1.29 is 18.0 Å². The van der Waals surface area contributed by atoms with Crippen molar-refractivity contribution in [1.82, 2.24) is 4.90 Å². The van der Waals surface area contributed by atoms with E-state index in [4.69, 9.17) is 11.6 Å². The highest BCUT2D eigenvalue weighted by atomic mass is 35.5. The van der Waals surface area contributed by atoms with Crippen LogP contribution in [0.25, 0.3) is 0 Å². The molecular formula is C24H22ClF3N2OS. The number of alkyl halides is 3. The summed E-state index contributed by atoms with van der Waals surface area (Å²) in [7, 11) is 1.81. The fraction of sp³-hybridized carbons (Fsp3) is 0.208. The average Bonchev–Trinajstić information content (AvgIpc) is 2.76. The molecule has 1 atom stereocenters. The van der Waals surface area contributed by atoms with Crippen LogP contribution in [0.1, 0.15) is 22.7 Å². The number of carbonyl (C=O) groups excluding carboxylic acids is 1. The molecule has 8 heteroatoms. The number of benzene rings is 3. The zero-order valence-corrected chi connectivity index (χ0v) is 19.1. The fourth-order valence-electron chi connectivity index (χ4n) is 3.38. The van der Waals surface area contributed by atoms with Crippen LogP contribution >= 0.6 is 23.4 Å². The van der Waals surface area contributed by atoms with Crippen molar-refractivity contribution in [2.75, 3.05) is 18.6 Å². The predicted molar refractivity (Wildman–Crippen MR) is 124 cm³/mol. The molecule has 0 bridgehead atoms. The SMILES string of the molecule is CSc1ccc(CN(C)[C@@H](C(=O)Nc2ccc(Cl)c(C(F)(F)F)c2)c2ccccc2)cc1. The summed E-state index contributed by atoms with van der Waals surface area (Å²) in [6.07, 6.45) is -2.62. The van der Waals surface area contributed by atoms with Crippen molar-refractivity contribution >= 4 is 35.0 Å². The molecule has 0 saturated heterocycles. The Morgan fingerprint density at radius 1 is 1.06 bits per heavy atom. The highest BCUT2D eigenvalue weighted by Gasteiger charge is 2.34. The van der Waals surface area contributed by atoms with Crippen LogP contribution in [0, 0.1) is 0 Å². The van der Waals surface area contributed by atoms with Crippen LogP contribution in [0.4, 0.5) is 18.9 Å². The fourth-order valence-corrected chi connectivity index (χ4v) is 4.02. The van der Waals surface area contributed by atoms with Crippen LogP contribution in [0.2, 0.25) is 5.02 Å². The molecule has 0 heterocycles. The number of amides is 1. The van der Waals surface area contributed by atoms with E-state index in [1.165, 1.54) is 6.07 Å². The van der Waals surface area contributed by atoms with E-state index in [9.17, 15) is 18.0 Å². The molecule has 0 aliphatic carbocycles. The molecule has 1 amide bonds. The summed E-state index contributed by atoms with van der Waals surface area (Å²) in [5.74, 6) is -0.435. The van der Waals surface area contributed by atoms with Gasteiger partial charge in [-0.2, -0.15) is 13.2 Å². The Hall–Kier alpha value is -2.48. The van der Waals surface area contributed by atoms with Crippen molar-refractivity contribution in [3.63, 3.8) is 0 Å². The number of anilines is 1. The lowest BCUT2D eigenvalue weighted by atomic mass is 10.0. The average molecular weight is 479 g/mol. The van der Waals surface area contributed by atoms with E-state index < -0.39 is 28.7 Å². The molecule has 3 nitrogen and oxygen atoms in total. The Kier molecular flexibility index (Phi) is 7.87. The van der Waals surface area contributed by atoms with Crippen LogP contribution in [0.3, 0.4) is 0 Å². The van der Waals surface area contributed by atoms with E-state index >= 15 is 0 Å². The molecule has 0 aliphatic rings. The molecule has 0 aliphatic heterocycles. The van der Waals surface area contributed by atoms with Crippen molar-refractivity contribution in [3.05, 3.63) is 94.5 Å². The summed E-state index contributed by atoms with van der Waals surface area (Å²) in [6.45, 7) is 0.482. The molecule has 3 aromatic rings. The molecule has 0 radical (unpaired) electrons. The third-order valence-electron chi connectivity index (χ3n) is 4.93. The maximum absolute atomic E-state index is 13.2. The maximum atomic E-state index is 13.2. The van der Waals surface area contributed by atoms with Gasteiger partial charge < -0.3 is 5.32 Å². The van der Waals surface area contributed by atoms with Gasteiger partial charge in [-0.05, 0) is 54.8 Å². The van der Waals surface area contributed by atoms with E-state index in [-0.39, 0.29) is 5.69 Å². The molecule has 1 N–H and O–H groups in total. The van der Waals surface area contributed by atoms with E-state index in [0.29, 0.717) is 6.54 Å². The van der Waals surface area contributed by atoms with Gasteiger partial charge in [0.15, 0.2) is 0 Å². The van der Waals surface area contributed by atoms with Crippen molar-refractivity contribution in [3.8, 4) is 0 Å². The van der Waals surface area contributed by atoms with Gasteiger partial charge in [0, 0.05) is 17.1 Å². The Morgan fingerprint density at radius 3 is 2.31 bits per heavy atom. The summed E-state index contributed by atoms with van der Waals surface area (Å²) in [4.78, 5) is 16.2. The number of hydrogen-bond donors (Lipinski definition) is 1. The molecular weight excluding hydrogens is 457 g/mol. The van der Waals surface area contributed by atoms with Gasteiger partial charge in [0.1, 0.15) is 6.04 Å². The molecule has 3 rings (SSSR count). The first kappa shape index (κ1) is 24.2. The van der Waals surface area contributed by atoms with Crippen LogP contribution in [-0.4, -0.2) is 24.1 Å². The molecule has 0 saturated carbocycles. The summed E-state index contributed by atoms with van der Waals surface area (Å²) in [5, 5.41) is 2.21. The number of thioether (sulfide) groups is 1. The van der Waals surface area contributed by atoms with Gasteiger partial charge in [0.05, 0.1) is 10.6 Å². The minimum atomic E-state index is -4.61. The normalized spacial score (nSPS) is 12.6. The highest BCUT2D eigenvalue weighted by Crippen LogP contribution is 2.36. The van der Waals surface area contributed by atoms with Crippen LogP contribution in [-0.2, 0) is 17.5 Å². The van der Waals surface area contributed by atoms with Gasteiger partial charge in [-0.1, -0.05) is 54.1 Å². The summed E-state index contributed by atoms with van der Waals surface area (Å²) in [6, 6.07) is 19.8. The van der Waals surface area contributed by atoms with E-state index in [1.807, 2.05) is 72.8 Å². The number of rotatable bonds is 7. The second-order valence-electron chi connectivity index (χ2n) is 7.26. The number of carbonyl (C=O) groups is 1. The van der Waals surface area contributed by atoms with E-state index in [2.05, 4.69) is 5.32 Å². The third kappa shape index (κ3) is 6.06. The Morgan fingerprint density at radius 2 is 1.72 bits per heavy atom. The minimum absolute atomic E-state index is 0.0328. The monoisotopic (exact) mass is 478 g/mol. The lowest BCUT2D eigenvalue weighted by Crippen LogP contribution is -2.34. The molecule has 3 aromatic carbocycles. The van der Waals surface area contributed by atoms with Crippen molar-refractivity contribution in [2.45, 2.75) is 23.7 Å². The first-order chi connectivity index (χ1) is 15.2. The first-order valence-electron chi connectivity index (χ1n) is 9.75. The lowest BCUT2D eigenvalue weighted by Gasteiger charge is -2.28. The number of likely N-dealkylation sites (N-methyl/N-ethyl adjacent to an activating group) is 1. The Labute approximate surface area is 194 Å². The third-order valence-corrected chi connectivity index (χ3v) is 6.01. The van der Waals surface area contributed by atoms with Gasteiger partial charge in [-0.25, -0.2) is 0 Å². The van der Waals surface area contributed by atoms with E-state index in [1.54, 1.807) is 11.8 Å².